The predicted molar refractivity (Wildman–Crippen MR) is 210 cm³/mol. The molecule has 0 atom stereocenters. The molecule has 6 aromatic carbocycles. The van der Waals surface area contributed by atoms with E-state index in [-0.39, 0.29) is 0 Å². The van der Waals surface area contributed by atoms with E-state index in [1.807, 2.05) is 0 Å². The van der Waals surface area contributed by atoms with Crippen LogP contribution in [0.5, 0.6) is 0 Å². The van der Waals surface area contributed by atoms with Crippen LogP contribution < -0.4 is 0 Å². The maximum atomic E-state index is 11.6. The normalized spacial score (nSPS) is 11.3. The van der Waals surface area contributed by atoms with E-state index in [1.165, 1.54) is 28.3 Å². The number of rotatable bonds is 11. The van der Waals surface area contributed by atoms with Gasteiger partial charge in [0.2, 0.25) is 0 Å². The first-order chi connectivity index (χ1) is 25.5. The molecule has 0 aliphatic heterocycles. The third kappa shape index (κ3) is 6.05. The Morgan fingerprint density at radius 2 is 0.962 bits per heavy atom. The molecule has 0 radical (unpaired) electrons. The van der Waals surface area contributed by atoms with Crippen LogP contribution in [0, 0.1) is 0 Å². The Hall–Kier alpha value is -6.66. The summed E-state index contributed by atoms with van der Waals surface area (Å²) >= 11 is 0. The zero-order valence-corrected chi connectivity index (χ0v) is 28.6. The molecule has 0 unspecified atom stereocenters. The Bertz CT molecular complexity index is 2680. The SMILES string of the molecule is C=CC(=O)OCCc1ccc2c(c1)c1ccccc1n2-c1cccc(-c2cccc(-n3c4ccccc4c4ccc(CCOC(=O)C=C)cc43)c2)c1. The number of nitrogens with zero attached hydrogens (tertiary/aromatic N) is 2. The topological polar surface area (TPSA) is 62.5 Å². The monoisotopic (exact) mass is 680 g/mol. The number of hydrogen-bond donors (Lipinski definition) is 0. The number of para-hydroxylation sites is 2. The highest BCUT2D eigenvalue weighted by atomic mass is 16.5. The van der Waals surface area contributed by atoms with Gasteiger partial charge < -0.3 is 18.6 Å². The van der Waals surface area contributed by atoms with Gasteiger partial charge in [-0.25, -0.2) is 9.59 Å². The maximum Gasteiger partial charge on any atom is 0.330 e. The van der Waals surface area contributed by atoms with Crippen LogP contribution in [-0.4, -0.2) is 34.3 Å². The summed E-state index contributed by atoms with van der Waals surface area (Å²) in [7, 11) is 0. The molecule has 2 aromatic heterocycles. The van der Waals surface area contributed by atoms with Gasteiger partial charge in [0, 0.05) is 57.9 Å². The molecule has 0 bridgehead atoms. The Labute approximate surface area is 301 Å². The number of fused-ring (bicyclic) bond motifs is 6. The van der Waals surface area contributed by atoms with Crippen molar-refractivity contribution in [1.29, 1.82) is 0 Å². The highest BCUT2D eigenvalue weighted by molar-refractivity contribution is 6.10. The van der Waals surface area contributed by atoms with Gasteiger partial charge in [-0.3, -0.25) is 0 Å². The lowest BCUT2D eigenvalue weighted by molar-refractivity contribution is -0.138. The summed E-state index contributed by atoms with van der Waals surface area (Å²) in [6.45, 7) is 7.57. The minimum atomic E-state index is -0.413. The summed E-state index contributed by atoms with van der Waals surface area (Å²) < 4.78 is 15.2. The van der Waals surface area contributed by atoms with E-state index >= 15 is 0 Å². The van der Waals surface area contributed by atoms with Gasteiger partial charge in [-0.05, 0) is 76.9 Å². The van der Waals surface area contributed by atoms with Crippen LogP contribution in [0.1, 0.15) is 11.1 Å². The molecule has 0 spiro atoms. The second kappa shape index (κ2) is 13.9. The molecule has 0 saturated heterocycles. The zero-order valence-electron chi connectivity index (χ0n) is 28.6. The quantitative estimate of drug-likeness (QED) is 0.101. The van der Waals surface area contributed by atoms with E-state index in [9.17, 15) is 9.59 Å². The summed E-state index contributed by atoms with van der Waals surface area (Å²) in [6, 6.07) is 47.3. The fraction of sp³-hybridized carbons (Fsp3) is 0.0870. The van der Waals surface area contributed by atoms with Gasteiger partial charge in [-0.2, -0.15) is 0 Å². The molecule has 0 N–H and O–H groups in total. The molecule has 0 aliphatic rings. The molecule has 52 heavy (non-hydrogen) atoms. The van der Waals surface area contributed by atoms with E-state index in [0.717, 1.165) is 61.1 Å². The van der Waals surface area contributed by atoms with Crippen molar-refractivity contribution < 1.29 is 19.1 Å². The summed E-state index contributed by atoms with van der Waals surface area (Å²) in [5.74, 6) is -0.822. The van der Waals surface area contributed by atoms with Crippen LogP contribution >= 0.6 is 0 Å². The van der Waals surface area contributed by atoms with Crippen molar-refractivity contribution in [3.05, 3.63) is 170 Å². The summed E-state index contributed by atoms with van der Waals surface area (Å²) in [5.41, 5.74) is 11.0. The van der Waals surface area contributed by atoms with Crippen molar-refractivity contribution in [2.24, 2.45) is 0 Å². The zero-order chi connectivity index (χ0) is 35.6. The van der Waals surface area contributed by atoms with Crippen LogP contribution in [0.3, 0.4) is 0 Å². The van der Waals surface area contributed by atoms with Gasteiger partial charge in [0.15, 0.2) is 0 Å². The number of carbonyl (C=O) groups is 2. The largest absolute Gasteiger partial charge is 0.462 e. The molecule has 6 heteroatoms. The Morgan fingerprint density at radius 1 is 0.481 bits per heavy atom. The van der Waals surface area contributed by atoms with Gasteiger partial charge >= 0.3 is 11.9 Å². The number of benzene rings is 6. The van der Waals surface area contributed by atoms with Gasteiger partial charge in [-0.1, -0.05) is 92.0 Å². The van der Waals surface area contributed by atoms with E-state index in [2.05, 4.69) is 156 Å². The van der Waals surface area contributed by atoms with E-state index in [0.29, 0.717) is 26.1 Å². The summed E-state index contributed by atoms with van der Waals surface area (Å²) in [6.07, 6.45) is 3.62. The third-order valence-electron chi connectivity index (χ3n) is 9.62. The van der Waals surface area contributed by atoms with Gasteiger partial charge in [-0.15, -0.1) is 0 Å². The smallest absolute Gasteiger partial charge is 0.330 e. The van der Waals surface area contributed by atoms with Crippen molar-refractivity contribution >= 4 is 55.6 Å². The molecular formula is C46H36N2O4. The number of aromatic nitrogens is 2. The van der Waals surface area contributed by atoms with Crippen LogP contribution in [-0.2, 0) is 31.9 Å². The third-order valence-corrected chi connectivity index (χ3v) is 9.62. The van der Waals surface area contributed by atoms with Crippen molar-refractivity contribution in [3.8, 4) is 22.5 Å². The molecule has 0 fully saturated rings. The highest BCUT2D eigenvalue weighted by Crippen LogP contribution is 2.36. The van der Waals surface area contributed by atoms with E-state index in [4.69, 9.17) is 9.47 Å². The van der Waals surface area contributed by atoms with Crippen molar-refractivity contribution in [2.75, 3.05) is 13.2 Å². The standard InChI is InChI=1S/C46H36N2O4/c1-3-45(49)51-25-23-31-20-22-43-40(27-31)38-16-6-8-18-42(38)47(43)35-13-9-11-33(29-35)34-12-10-14-36(30-34)48-41-17-7-5-15-37(41)39-21-19-32(28-44(39)48)24-26-52-46(50)4-2/h3-22,27-30H,1-2,23-26H2. The van der Waals surface area contributed by atoms with Crippen LogP contribution in [0.15, 0.2) is 159 Å². The second-order valence-electron chi connectivity index (χ2n) is 12.8. The van der Waals surface area contributed by atoms with Crippen LogP contribution in [0.2, 0.25) is 0 Å². The molecular weight excluding hydrogens is 645 g/mol. The number of hydrogen-bond acceptors (Lipinski definition) is 4. The van der Waals surface area contributed by atoms with Gasteiger partial charge in [0.05, 0.1) is 35.3 Å². The molecule has 254 valence electrons. The lowest BCUT2D eigenvalue weighted by atomic mass is 10.0. The molecule has 8 rings (SSSR count). The summed E-state index contributed by atoms with van der Waals surface area (Å²) in [5, 5.41) is 4.67. The van der Waals surface area contributed by atoms with Gasteiger partial charge in [0.1, 0.15) is 0 Å². The van der Waals surface area contributed by atoms with Crippen molar-refractivity contribution in [1.82, 2.24) is 9.13 Å². The first-order valence-electron chi connectivity index (χ1n) is 17.4. The van der Waals surface area contributed by atoms with Crippen LogP contribution in [0.4, 0.5) is 0 Å². The fourth-order valence-electron chi connectivity index (χ4n) is 7.21. The Balaban J connectivity index is 1.18. The Morgan fingerprint density at radius 3 is 1.56 bits per heavy atom. The Kier molecular flexibility index (Phi) is 8.71. The first-order valence-corrected chi connectivity index (χ1v) is 17.4. The second-order valence-corrected chi connectivity index (χ2v) is 12.8. The minimum absolute atomic E-state index is 0.294. The average Bonchev–Trinajstić information content (AvgIpc) is 3.70. The van der Waals surface area contributed by atoms with Crippen molar-refractivity contribution in [2.45, 2.75) is 12.8 Å². The number of carbonyl (C=O) groups excluding carboxylic acids is 2. The molecule has 0 amide bonds. The van der Waals surface area contributed by atoms with Crippen LogP contribution in [0.25, 0.3) is 66.1 Å². The molecule has 0 saturated carbocycles. The molecule has 2 heterocycles. The fourth-order valence-corrected chi connectivity index (χ4v) is 7.21. The average molecular weight is 681 g/mol. The van der Waals surface area contributed by atoms with Gasteiger partial charge in [0.25, 0.3) is 0 Å². The molecule has 6 nitrogen and oxygen atoms in total. The highest BCUT2D eigenvalue weighted by Gasteiger charge is 2.16. The van der Waals surface area contributed by atoms with E-state index < -0.39 is 11.9 Å². The predicted octanol–water partition coefficient (Wildman–Crippen LogP) is 10.1. The molecule has 8 aromatic rings. The number of esters is 2. The minimum Gasteiger partial charge on any atom is -0.462 e. The summed E-state index contributed by atoms with van der Waals surface area (Å²) in [4.78, 5) is 23.2. The lowest BCUT2D eigenvalue weighted by Crippen LogP contribution is -2.04. The first kappa shape index (κ1) is 32.5. The maximum absolute atomic E-state index is 11.6. The lowest BCUT2D eigenvalue weighted by Gasteiger charge is -2.13. The van der Waals surface area contributed by atoms with Crippen molar-refractivity contribution in [3.63, 3.8) is 0 Å². The van der Waals surface area contributed by atoms with E-state index in [1.54, 1.807) is 0 Å². The molecule has 0 aliphatic carbocycles. The number of ether oxygens (including phenoxy) is 2.